The summed E-state index contributed by atoms with van der Waals surface area (Å²) in [5.74, 6) is 1.62. The van der Waals surface area contributed by atoms with Gasteiger partial charge in [-0.15, -0.1) is 0 Å². The molecule has 4 nitrogen and oxygen atoms in total. The van der Waals surface area contributed by atoms with Crippen LogP contribution in [0.3, 0.4) is 0 Å². The van der Waals surface area contributed by atoms with Crippen LogP contribution in [-0.4, -0.2) is 26.9 Å². The summed E-state index contributed by atoms with van der Waals surface area (Å²) in [6, 6.07) is 1.85. The van der Waals surface area contributed by atoms with Gasteiger partial charge in [-0.1, -0.05) is 11.6 Å². The maximum absolute atomic E-state index is 6.26. The number of ether oxygens (including phenoxy) is 3. The molecular weight excluding hydrogens is 254 g/mol. The lowest BCUT2D eigenvalue weighted by Crippen LogP contribution is -2.34. The van der Waals surface area contributed by atoms with Gasteiger partial charge in [0.15, 0.2) is 11.5 Å². The predicted molar refractivity (Wildman–Crippen MR) is 73.1 cm³/mol. The SMILES string of the molecule is COc1cc(CC(C)(C)N)c(OC)c(Cl)c1OC. The first-order valence-electron chi connectivity index (χ1n) is 5.60. The van der Waals surface area contributed by atoms with Gasteiger partial charge in [-0.05, 0) is 26.3 Å². The van der Waals surface area contributed by atoms with Gasteiger partial charge in [-0.25, -0.2) is 0 Å². The summed E-state index contributed by atoms with van der Waals surface area (Å²) in [6.07, 6.45) is 0.621. The molecular formula is C13H20ClNO3. The molecule has 0 saturated heterocycles. The molecule has 0 aliphatic carbocycles. The molecule has 1 aromatic carbocycles. The van der Waals surface area contributed by atoms with Crippen molar-refractivity contribution in [1.82, 2.24) is 0 Å². The van der Waals surface area contributed by atoms with E-state index in [9.17, 15) is 0 Å². The van der Waals surface area contributed by atoms with Crippen LogP contribution in [0.25, 0.3) is 0 Å². The van der Waals surface area contributed by atoms with Gasteiger partial charge >= 0.3 is 0 Å². The van der Waals surface area contributed by atoms with Crippen molar-refractivity contribution in [3.05, 3.63) is 16.7 Å². The van der Waals surface area contributed by atoms with Crippen molar-refractivity contribution >= 4 is 11.6 Å². The second kappa shape index (κ2) is 5.67. The second-order valence-electron chi connectivity index (χ2n) is 4.78. The fourth-order valence-corrected chi connectivity index (χ4v) is 2.20. The number of benzene rings is 1. The van der Waals surface area contributed by atoms with Crippen molar-refractivity contribution in [2.75, 3.05) is 21.3 Å². The van der Waals surface area contributed by atoms with Gasteiger partial charge in [-0.2, -0.15) is 0 Å². The first-order chi connectivity index (χ1) is 8.34. The van der Waals surface area contributed by atoms with Crippen LogP contribution in [0.2, 0.25) is 5.02 Å². The van der Waals surface area contributed by atoms with Gasteiger partial charge < -0.3 is 19.9 Å². The number of halogens is 1. The topological polar surface area (TPSA) is 53.7 Å². The molecule has 0 aliphatic heterocycles. The third kappa shape index (κ3) is 3.21. The third-order valence-corrected chi connectivity index (χ3v) is 2.84. The Morgan fingerprint density at radius 3 is 2.06 bits per heavy atom. The first kappa shape index (κ1) is 14.9. The standard InChI is InChI=1S/C13H20ClNO3/c1-13(2,15)7-8-6-9(16-3)12(18-5)10(14)11(8)17-4/h6H,7,15H2,1-5H3. The number of hydrogen-bond donors (Lipinski definition) is 1. The Morgan fingerprint density at radius 2 is 1.67 bits per heavy atom. The molecule has 2 N–H and O–H groups in total. The Kier molecular flexibility index (Phi) is 4.71. The summed E-state index contributed by atoms with van der Waals surface area (Å²) >= 11 is 6.26. The van der Waals surface area contributed by atoms with Gasteiger partial charge in [0.2, 0.25) is 0 Å². The minimum Gasteiger partial charge on any atom is -0.495 e. The molecule has 0 atom stereocenters. The van der Waals surface area contributed by atoms with Gasteiger partial charge in [0, 0.05) is 11.1 Å². The largest absolute Gasteiger partial charge is 0.495 e. The van der Waals surface area contributed by atoms with Crippen molar-refractivity contribution in [1.29, 1.82) is 0 Å². The molecule has 1 rings (SSSR count). The van der Waals surface area contributed by atoms with E-state index < -0.39 is 0 Å². The molecule has 0 spiro atoms. The van der Waals surface area contributed by atoms with Crippen LogP contribution in [0.5, 0.6) is 17.2 Å². The van der Waals surface area contributed by atoms with E-state index >= 15 is 0 Å². The Morgan fingerprint density at radius 1 is 1.11 bits per heavy atom. The van der Waals surface area contributed by atoms with Gasteiger partial charge in [-0.3, -0.25) is 0 Å². The fraction of sp³-hybridized carbons (Fsp3) is 0.538. The summed E-state index contributed by atoms with van der Waals surface area (Å²) in [4.78, 5) is 0. The zero-order valence-corrected chi connectivity index (χ0v) is 12.2. The predicted octanol–water partition coefficient (Wildman–Crippen LogP) is 2.65. The molecule has 0 radical (unpaired) electrons. The van der Waals surface area contributed by atoms with Gasteiger partial charge in [0.1, 0.15) is 10.8 Å². The maximum Gasteiger partial charge on any atom is 0.183 e. The molecule has 0 bridgehead atoms. The van der Waals surface area contributed by atoms with E-state index in [2.05, 4.69) is 0 Å². The molecule has 0 heterocycles. The smallest absolute Gasteiger partial charge is 0.183 e. The number of hydrogen-bond acceptors (Lipinski definition) is 4. The van der Waals surface area contributed by atoms with Crippen molar-refractivity contribution < 1.29 is 14.2 Å². The lowest BCUT2D eigenvalue weighted by Gasteiger charge is -2.22. The lowest BCUT2D eigenvalue weighted by molar-refractivity contribution is 0.346. The molecule has 0 fully saturated rings. The molecule has 0 unspecified atom stereocenters. The van der Waals surface area contributed by atoms with E-state index in [0.717, 1.165) is 5.56 Å². The Balaban J connectivity index is 3.37. The quantitative estimate of drug-likeness (QED) is 0.896. The average molecular weight is 274 g/mol. The van der Waals surface area contributed by atoms with E-state index in [1.165, 1.54) is 7.11 Å². The van der Waals surface area contributed by atoms with Crippen LogP contribution in [0.1, 0.15) is 19.4 Å². The van der Waals surface area contributed by atoms with Crippen molar-refractivity contribution in [3.63, 3.8) is 0 Å². The van der Waals surface area contributed by atoms with Crippen LogP contribution >= 0.6 is 11.6 Å². The molecule has 0 amide bonds. The number of methoxy groups -OCH3 is 3. The molecule has 5 heteroatoms. The fourth-order valence-electron chi connectivity index (χ4n) is 1.83. The van der Waals surface area contributed by atoms with E-state index in [0.29, 0.717) is 28.7 Å². The number of rotatable bonds is 5. The van der Waals surface area contributed by atoms with Crippen molar-refractivity contribution in [3.8, 4) is 17.2 Å². The molecule has 0 aliphatic rings. The monoisotopic (exact) mass is 273 g/mol. The van der Waals surface area contributed by atoms with E-state index in [1.54, 1.807) is 14.2 Å². The Labute approximate surface area is 113 Å². The molecule has 0 saturated carbocycles. The number of nitrogens with two attached hydrogens (primary N) is 1. The van der Waals surface area contributed by atoms with E-state index in [-0.39, 0.29) is 5.54 Å². The maximum atomic E-state index is 6.26. The Hall–Kier alpha value is -1.13. The molecule has 0 aromatic heterocycles. The lowest BCUT2D eigenvalue weighted by atomic mass is 9.95. The zero-order chi connectivity index (χ0) is 13.9. The van der Waals surface area contributed by atoms with E-state index in [1.807, 2.05) is 19.9 Å². The Bertz CT molecular complexity index is 427. The van der Waals surface area contributed by atoms with Crippen LogP contribution in [0.4, 0.5) is 0 Å². The van der Waals surface area contributed by atoms with Crippen LogP contribution in [0, 0.1) is 0 Å². The minimum atomic E-state index is -0.365. The van der Waals surface area contributed by atoms with Crippen LogP contribution < -0.4 is 19.9 Å². The van der Waals surface area contributed by atoms with Crippen LogP contribution in [-0.2, 0) is 6.42 Å². The average Bonchev–Trinajstić information content (AvgIpc) is 2.26. The van der Waals surface area contributed by atoms with Crippen molar-refractivity contribution in [2.45, 2.75) is 25.8 Å². The molecule has 102 valence electrons. The van der Waals surface area contributed by atoms with Crippen molar-refractivity contribution in [2.24, 2.45) is 5.73 Å². The third-order valence-electron chi connectivity index (χ3n) is 2.49. The van der Waals surface area contributed by atoms with Gasteiger partial charge in [0.25, 0.3) is 0 Å². The summed E-state index contributed by atoms with van der Waals surface area (Å²) < 4.78 is 15.8. The highest BCUT2D eigenvalue weighted by Crippen LogP contribution is 2.44. The summed E-state index contributed by atoms with van der Waals surface area (Å²) in [5.41, 5.74) is 6.56. The highest BCUT2D eigenvalue weighted by molar-refractivity contribution is 6.34. The highest BCUT2D eigenvalue weighted by atomic mass is 35.5. The molecule has 18 heavy (non-hydrogen) atoms. The zero-order valence-electron chi connectivity index (χ0n) is 11.5. The highest BCUT2D eigenvalue weighted by Gasteiger charge is 2.22. The summed E-state index contributed by atoms with van der Waals surface area (Å²) in [7, 11) is 4.67. The normalized spacial score (nSPS) is 11.3. The second-order valence-corrected chi connectivity index (χ2v) is 5.16. The first-order valence-corrected chi connectivity index (χ1v) is 5.98. The van der Waals surface area contributed by atoms with Crippen LogP contribution in [0.15, 0.2) is 6.07 Å². The van der Waals surface area contributed by atoms with E-state index in [4.69, 9.17) is 31.5 Å². The minimum absolute atomic E-state index is 0.365. The molecule has 1 aromatic rings. The summed E-state index contributed by atoms with van der Waals surface area (Å²) in [6.45, 7) is 3.88. The van der Waals surface area contributed by atoms with Gasteiger partial charge in [0.05, 0.1) is 21.3 Å². The summed E-state index contributed by atoms with van der Waals surface area (Å²) in [5, 5.41) is 0.401.